The van der Waals surface area contributed by atoms with E-state index in [1.807, 2.05) is 60.3 Å². The highest BCUT2D eigenvalue weighted by atomic mass is 16.3. The van der Waals surface area contributed by atoms with Gasteiger partial charge in [0.2, 0.25) is 5.91 Å². The first kappa shape index (κ1) is 17.3. The molecule has 0 aliphatic heterocycles. The fourth-order valence-electron chi connectivity index (χ4n) is 3.32. The molecule has 0 spiro atoms. The number of nitrogens with one attached hydrogen (secondary N) is 1. The predicted octanol–water partition coefficient (Wildman–Crippen LogP) is 4.06. The predicted molar refractivity (Wildman–Crippen MR) is 104 cm³/mol. The summed E-state index contributed by atoms with van der Waals surface area (Å²) in [7, 11) is 1.92. The van der Waals surface area contributed by atoms with Crippen LogP contribution in [0.3, 0.4) is 0 Å². The second-order valence-electron chi connectivity index (χ2n) is 7.14. The molecule has 1 amide bonds. The molecule has 1 saturated carbocycles. The van der Waals surface area contributed by atoms with Crippen LogP contribution in [0.1, 0.15) is 48.2 Å². The lowest BCUT2D eigenvalue weighted by Crippen LogP contribution is -2.29. The Bertz CT molecular complexity index is 955. The van der Waals surface area contributed by atoms with E-state index in [-0.39, 0.29) is 11.9 Å². The topological polar surface area (TPSA) is 60.1 Å². The number of imidazole rings is 1. The van der Waals surface area contributed by atoms with Gasteiger partial charge in [-0.3, -0.25) is 4.79 Å². The number of furan rings is 1. The molecule has 4 rings (SSSR count). The van der Waals surface area contributed by atoms with Gasteiger partial charge in [-0.1, -0.05) is 37.3 Å². The van der Waals surface area contributed by atoms with Crippen LogP contribution >= 0.6 is 0 Å². The molecule has 1 fully saturated rings. The lowest BCUT2D eigenvalue weighted by molar-refractivity contribution is -0.117. The van der Waals surface area contributed by atoms with Crippen LogP contribution in [0.4, 0.5) is 0 Å². The molecule has 3 atom stereocenters. The van der Waals surface area contributed by atoms with Gasteiger partial charge in [-0.25, -0.2) is 4.98 Å². The Morgan fingerprint density at radius 1 is 1.30 bits per heavy atom. The van der Waals surface area contributed by atoms with Crippen molar-refractivity contribution in [2.24, 2.45) is 13.0 Å². The van der Waals surface area contributed by atoms with Crippen LogP contribution in [0.25, 0.3) is 6.08 Å². The summed E-state index contributed by atoms with van der Waals surface area (Å²) in [6.07, 6.45) is 8.01. The maximum absolute atomic E-state index is 12.5. The molecule has 27 heavy (non-hydrogen) atoms. The van der Waals surface area contributed by atoms with Gasteiger partial charge in [0.25, 0.3) is 0 Å². The molecule has 0 radical (unpaired) electrons. The van der Waals surface area contributed by atoms with E-state index >= 15 is 0 Å². The average molecular weight is 361 g/mol. The van der Waals surface area contributed by atoms with Crippen molar-refractivity contribution in [3.63, 3.8) is 0 Å². The smallest absolute Gasteiger partial charge is 0.244 e. The number of hydrogen-bond donors (Lipinski definition) is 1. The Morgan fingerprint density at radius 2 is 2.07 bits per heavy atom. The number of aryl methyl sites for hydroxylation is 1. The molecule has 1 aliphatic carbocycles. The van der Waals surface area contributed by atoms with Gasteiger partial charge in [0.05, 0.1) is 0 Å². The third kappa shape index (κ3) is 3.87. The standard InChI is InChI=1S/C22H23N3O2/c1-15-14-18(15)19-10-8-17(27-19)9-11-20(26)24-21(16-6-4-3-5-7-16)22-23-12-13-25(22)2/h3-13,15,18,21H,14H2,1-2H3,(H,24,26)/b11-9+. The van der Waals surface area contributed by atoms with Crippen LogP contribution in [0.2, 0.25) is 0 Å². The van der Waals surface area contributed by atoms with Gasteiger partial charge in [-0.2, -0.15) is 0 Å². The number of rotatable bonds is 6. The van der Waals surface area contributed by atoms with Crippen molar-refractivity contribution in [2.45, 2.75) is 25.3 Å². The fraction of sp³-hybridized carbons (Fsp3) is 0.273. The molecule has 5 heteroatoms. The number of carbonyl (C=O) groups is 1. The quantitative estimate of drug-likeness (QED) is 0.674. The van der Waals surface area contributed by atoms with Crippen molar-refractivity contribution in [3.05, 3.63) is 83.8 Å². The number of nitrogens with zero attached hydrogens (tertiary/aromatic N) is 2. The van der Waals surface area contributed by atoms with Crippen molar-refractivity contribution in [1.82, 2.24) is 14.9 Å². The molecule has 0 bridgehead atoms. The second-order valence-corrected chi connectivity index (χ2v) is 7.14. The van der Waals surface area contributed by atoms with Gasteiger partial charge in [0.1, 0.15) is 23.4 Å². The molecular weight excluding hydrogens is 338 g/mol. The molecule has 1 aliphatic rings. The van der Waals surface area contributed by atoms with Crippen molar-refractivity contribution in [2.75, 3.05) is 0 Å². The Labute approximate surface area is 158 Å². The lowest BCUT2D eigenvalue weighted by Gasteiger charge is -2.18. The number of carbonyl (C=O) groups excluding carboxylic acids is 1. The number of amides is 1. The third-order valence-corrected chi connectivity index (χ3v) is 5.06. The summed E-state index contributed by atoms with van der Waals surface area (Å²) in [5, 5.41) is 3.05. The van der Waals surface area contributed by atoms with Gasteiger partial charge in [-0.15, -0.1) is 0 Å². The summed E-state index contributed by atoms with van der Waals surface area (Å²) >= 11 is 0. The maximum atomic E-state index is 12.5. The first-order valence-electron chi connectivity index (χ1n) is 9.22. The van der Waals surface area contributed by atoms with Crippen LogP contribution < -0.4 is 5.32 Å². The normalized spacial score (nSPS) is 19.9. The van der Waals surface area contributed by atoms with Crippen LogP contribution in [0.15, 0.2) is 65.4 Å². The molecule has 1 aromatic carbocycles. The Morgan fingerprint density at radius 3 is 2.74 bits per heavy atom. The number of aromatic nitrogens is 2. The minimum atomic E-state index is -0.317. The highest BCUT2D eigenvalue weighted by molar-refractivity contribution is 5.91. The molecular formula is C22H23N3O2. The Hall–Kier alpha value is -3.08. The van der Waals surface area contributed by atoms with E-state index in [2.05, 4.69) is 17.2 Å². The summed E-state index contributed by atoms with van der Waals surface area (Å²) in [5.41, 5.74) is 0.983. The Balaban J connectivity index is 1.48. The highest BCUT2D eigenvalue weighted by Gasteiger charge is 2.36. The van der Waals surface area contributed by atoms with E-state index in [0.29, 0.717) is 17.6 Å². The van der Waals surface area contributed by atoms with E-state index in [1.54, 1.807) is 12.3 Å². The molecule has 3 aromatic rings. The molecule has 5 nitrogen and oxygen atoms in total. The molecule has 2 aromatic heterocycles. The van der Waals surface area contributed by atoms with Crippen molar-refractivity contribution >= 4 is 12.0 Å². The van der Waals surface area contributed by atoms with E-state index in [1.165, 1.54) is 12.5 Å². The summed E-state index contributed by atoms with van der Waals surface area (Å²) in [4.78, 5) is 16.9. The summed E-state index contributed by atoms with van der Waals surface area (Å²) in [6, 6.07) is 13.4. The lowest BCUT2D eigenvalue weighted by atomic mass is 10.1. The van der Waals surface area contributed by atoms with Crippen LogP contribution in [-0.2, 0) is 11.8 Å². The third-order valence-electron chi connectivity index (χ3n) is 5.06. The summed E-state index contributed by atoms with van der Waals surface area (Å²) < 4.78 is 7.74. The van der Waals surface area contributed by atoms with Crippen LogP contribution in [-0.4, -0.2) is 15.5 Å². The van der Waals surface area contributed by atoms with Gasteiger partial charge >= 0.3 is 0 Å². The van der Waals surface area contributed by atoms with Crippen LogP contribution in [0, 0.1) is 5.92 Å². The molecule has 2 heterocycles. The summed E-state index contributed by atoms with van der Waals surface area (Å²) in [6.45, 7) is 2.22. The minimum absolute atomic E-state index is 0.190. The molecule has 138 valence electrons. The zero-order valence-electron chi connectivity index (χ0n) is 15.5. The van der Waals surface area contributed by atoms with E-state index < -0.39 is 0 Å². The van der Waals surface area contributed by atoms with Crippen molar-refractivity contribution < 1.29 is 9.21 Å². The molecule has 0 saturated heterocycles. The first-order valence-corrected chi connectivity index (χ1v) is 9.22. The van der Waals surface area contributed by atoms with Gasteiger partial charge < -0.3 is 14.3 Å². The zero-order valence-corrected chi connectivity index (χ0v) is 15.5. The van der Waals surface area contributed by atoms with E-state index in [9.17, 15) is 4.79 Å². The first-order chi connectivity index (χ1) is 13.1. The summed E-state index contributed by atoms with van der Waals surface area (Å²) in [5.74, 6) is 3.54. The monoisotopic (exact) mass is 361 g/mol. The largest absolute Gasteiger partial charge is 0.461 e. The highest BCUT2D eigenvalue weighted by Crippen LogP contribution is 2.47. The van der Waals surface area contributed by atoms with Crippen molar-refractivity contribution in [1.29, 1.82) is 0 Å². The fourth-order valence-corrected chi connectivity index (χ4v) is 3.32. The average Bonchev–Trinajstić information content (AvgIpc) is 3.06. The number of hydrogen-bond acceptors (Lipinski definition) is 3. The molecule has 3 unspecified atom stereocenters. The van der Waals surface area contributed by atoms with Gasteiger partial charge in [0, 0.05) is 31.4 Å². The second kappa shape index (κ2) is 7.27. The SMILES string of the molecule is CC1CC1c1ccc(/C=C/C(=O)NC(c2ccccc2)c2nccn2C)o1. The number of benzene rings is 1. The van der Waals surface area contributed by atoms with Crippen LogP contribution in [0.5, 0.6) is 0 Å². The minimum Gasteiger partial charge on any atom is -0.461 e. The van der Waals surface area contributed by atoms with Crippen molar-refractivity contribution in [3.8, 4) is 0 Å². The van der Waals surface area contributed by atoms with Gasteiger partial charge in [-0.05, 0) is 36.1 Å². The van der Waals surface area contributed by atoms with Gasteiger partial charge in [0.15, 0.2) is 0 Å². The Kier molecular flexibility index (Phi) is 4.67. The zero-order chi connectivity index (χ0) is 18.8. The molecule has 1 N–H and O–H groups in total. The van der Waals surface area contributed by atoms with E-state index in [4.69, 9.17) is 4.42 Å². The maximum Gasteiger partial charge on any atom is 0.244 e. The van der Waals surface area contributed by atoms with E-state index in [0.717, 1.165) is 17.1 Å².